The molecule has 176 valence electrons. The van der Waals surface area contributed by atoms with Gasteiger partial charge in [0.1, 0.15) is 17.4 Å². The van der Waals surface area contributed by atoms with Crippen LogP contribution >= 0.6 is 0 Å². The molecule has 1 fully saturated rings. The van der Waals surface area contributed by atoms with Crippen molar-refractivity contribution >= 4 is 28.8 Å². The van der Waals surface area contributed by atoms with E-state index >= 15 is 0 Å². The SMILES string of the molecule is CNc1nc(N[C@@H]2CCN(C)C[C@@H]2F)nn2ccc(-c3ccc(N=N)c(NCC(F)F)n3)c12. The Hall–Kier alpha value is -3.48. The summed E-state index contributed by atoms with van der Waals surface area (Å²) in [6.07, 6.45) is -1.26. The fraction of sp³-hybridized carbons (Fsp3) is 0.450. The number of hydrogen-bond acceptors (Lipinski definition) is 9. The normalized spacial score (nSPS) is 19.1. The lowest BCUT2D eigenvalue weighted by Gasteiger charge is -2.32. The van der Waals surface area contributed by atoms with Crippen LogP contribution in [0.15, 0.2) is 29.5 Å². The van der Waals surface area contributed by atoms with Crippen molar-refractivity contribution in [2.75, 3.05) is 49.7 Å². The van der Waals surface area contributed by atoms with Crippen molar-refractivity contribution in [2.24, 2.45) is 5.11 Å². The Kier molecular flexibility index (Phi) is 6.58. The maximum Gasteiger partial charge on any atom is 0.255 e. The number of halogens is 3. The molecule has 0 bridgehead atoms. The van der Waals surface area contributed by atoms with Crippen LogP contribution in [0.2, 0.25) is 0 Å². The second kappa shape index (κ2) is 9.57. The summed E-state index contributed by atoms with van der Waals surface area (Å²) in [6, 6.07) is 4.57. The number of piperidine rings is 1. The fourth-order valence-corrected chi connectivity index (χ4v) is 3.85. The number of fused-ring (bicyclic) bond motifs is 1. The fourth-order valence-electron chi connectivity index (χ4n) is 3.85. The van der Waals surface area contributed by atoms with Crippen molar-refractivity contribution < 1.29 is 13.2 Å². The average Bonchev–Trinajstić information content (AvgIpc) is 3.23. The lowest BCUT2D eigenvalue weighted by molar-refractivity contribution is 0.149. The van der Waals surface area contributed by atoms with E-state index in [9.17, 15) is 13.2 Å². The topological polar surface area (TPSA) is 119 Å². The van der Waals surface area contributed by atoms with E-state index < -0.39 is 19.1 Å². The number of nitrogens with zero attached hydrogens (tertiary/aromatic N) is 6. The van der Waals surface area contributed by atoms with Crippen LogP contribution in [0, 0.1) is 5.53 Å². The Morgan fingerprint density at radius 2 is 2.06 bits per heavy atom. The van der Waals surface area contributed by atoms with Gasteiger partial charge in [-0.05, 0) is 31.7 Å². The highest BCUT2D eigenvalue weighted by atomic mass is 19.3. The predicted molar refractivity (Wildman–Crippen MR) is 119 cm³/mol. The van der Waals surface area contributed by atoms with Crippen molar-refractivity contribution in [2.45, 2.75) is 25.1 Å². The third kappa shape index (κ3) is 4.82. The van der Waals surface area contributed by atoms with Crippen LogP contribution in [-0.4, -0.2) is 76.9 Å². The van der Waals surface area contributed by atoms with Gasteiger partial charge >= 0.3 is 0 Å². The first-order valence-electron chi connectivity index (χ1n) is 10.5. The highest BCUT2D eigenvalue weighted by molar-refractivity contribution is 5.88. The molecule has 0 spiro atoms. The molecule has 0 unspecified atom stereocenters. The molecule has 1 saturated heterocycles. The molecule has 4 N–H and O–H groups in total. The minimum absolute atomic E-state index is 0.0867. The molecule has 2 atom stereocenters. The molecule has 0 saturated carbocycles. The second-order valence-corrected chi connectivity index (χ2v) is 7.82. The van der Waals surface area contributed by atoms with E-state index in [1.54, 1.807) is 29.9 Å². The van der Waals surface area contributed by atoms with E-state index in [1.165, 1.54) is 6.07 Å². The van der Waals surface area contributed by atoms with Crippen LogP contribution in [-0.2, 0) is 0 Å². The standard InChI is InChI=1S/C20H25F3N10/c1-25-19-17-11(13-3-4-15(30-24)18(27-13)26-9-16(22)23)5-8-33(17)31-20(29-19)28-14-6-7-32(2)10-12(14)21/h3-5,8,12,14,16,24H,6-7,9-10H2,1-2H3,(H,26,27)(H2,25,28,29,31)/t12-,14+/m0/s1. The summed E-state index contributed by atoms with van der Waals surface area (Å²) in [7, 11) is 3.60. The Morgan fingerprint density at radius 3 is 2.76 bits per heavy atom. The molecule has 1 aliphatic heterocycles. The first-order chi connectivity index (χ1) is 15.9. The van der Waals surface area contributed by atoms with Gasteiger partial charge in [0.25, 0.3) is 6.43 Å². The van der Waals surface area contributed by atoms with Crippen LogP contribution in [0.5, 0.6) is 0 Å². The van der Waals surface area contributed by atoms with E-state index in [0.29, 0.717) is 41.5 Å². The molecule has 1 aliphatic rings. The van der Waals surface area contributed by atoms with Gasteiger partial charge in [-0.25, -0.2) is 28.2 Å². The van der Waals surface area contributed by atoms with Gasteiger partial charge in [-0.3, -0.25) is 0 Å². The Balaban J connectivity index is 1.67. The minimum Gasteiger partial charge on any atom is -0.371 e. The molecule has 4 heterocycles. The van der Waals surface area contributed by atoms with Crippen LogP contribution in [0.1, 0.15) is 6.42 Å². The number of rotatable bonds is 8. The molecule has 0 aliphatic carbocycles. The third-order valence-electron chi connectivity index (χ3n) is 5.50. The number of nitrogens with one attached hydrogen (secondary N) is 4. The van der Waals surface area contributed by atoms with Crippen molar-refractivity contribution in [1.82, 2.24) is 24.5 Å². The van der Waals surface area contributed by atoms with Gasteiger partial charge < -0.3 is 20.9 Å². The van der Waals surface area contributed by atoms with E-state index in [1.807, 2.05) is 11.9 Å². The second-order valence-electron chi connectivity index (χ2n) is 7.82. The van der Waals surface area contributed by atoms with Crippen LogP contribution < -0.4 is 16.0 Å². The summed E-state index contributed by atoms with van der Waals surface area (Å²) in [6.45, 7) is 0.518. The Labute approximate surface area is 188 Å². The molecule has 3 aromatic rings. The molecule has 0 radical (unpaired) electrons. The van der Waals surface area contributed by atoms with Crippen LogP contribution in [0.4, 0.5) is 36.4 Å². The number of alkyl halides is 3. The largest absolute Gasteiger partial charge is 0.371 e. The van der Waals surface area contributed by atoms with Gasteiger partial charge in [0.15, 0.2) is 11.6 Å². The summed E-state index contributed by atoms with van der Waals surface area (Å²) >= 11 is 0. The summed E-state index contributed by atoms with van der Waals surface area (Å²) in [5, 5.41) is 16.5. The zero-order valence-electron chi connectivity index (χ0n) is 18.2. The maximum absolute atomic E-state index is 14.5. The van der Waals surface area contributed by atoms with Crippen LogP contribution in [0.25, 0.3) is 16.8 Å². The van der Waals surface area contributed by atoms with Crippen molar-refractivity contribution in [1.29, 1.82) is 5.53 Å². The molecule has 0 aromatic carbocycles. The molecular weight excluding hydrogens is 437 g/mol. The number of anilines is 3. The zero-order valence-corrected chi connectivity index (χ0v) is 18.2. The highest BCUT2D eigenvalue weighted by Crippen LogP contribution is 2.33. The van der Waals surface area contributed by atoms with Gasteiger partial charge in [0, 0.05) is 31.9 Å². The number of aromatic nitrogens is 4. The van der Waals surface area contributed by atoms with Crippen LogP contribution in [0.3, 0.4) is 0 Å². The molecular formula is C20H25F3N10. The molecule has 0 amide bonds. The smallest absolute Gasteiger partial charge is 0.255 e. The monoisotopic (exact) mass is 462 g/mol. The van der Waals surface area contributed by atoms with E-state index in [0.717, 1.165) is 6.54 Å². The molecule has 4 rings (SSSR count). The maximum atomic E-state index is 14.5. The number of hydrogen-bond donors (Lipinski definition) is 4. The molecule has 33 heavy (non-hydrogen) atoms. The van der Waals surface area contributed by atoms with Gasteiger partial charge in [-0.1, -0.05) is 0 Å². The molecule has 10 nitrogen and oxygen atoms in total. The van der Waals surface area contributed by atoms with Crippen molar-refractivity contribution in [3.05, 3.63) is 24.4 Å². The summed E-state index contributed by atoms with van der Waals surface area (Å²) < 4.78 is 41.4. The van der Waals surface area contributed by atoms with E-state index in [2.05, 4.69) is 36.1 Å². The van der Waals surface area contributed by atoms with E-state index in [4.69, 9.17) is 5.53 Å². The number of pyridine rings is 1. The zero-order chi connectivity index (χ0) is 23.5. The summed E-state index contributed by atoms with van der Waals surface area (Å²) in [4.78, 5) is 10.9. The Morgan fingerprint density at radius 1 is 1.24 bits per heavy atom. The minimum atomic E-state index is -2.58. The third-order valence-corrected chi connectivity index (χ3v) is 5.50. The van der Waals surface area contributed by atoms with Crippen molar-refractivity contribution in [3.63, 3.8) is 0 Å². The molecule has 13 heteroatoms. The first-order valence-corrected chi connectivity index (χ1v) is 10.5. The first kappa shape index (κ1) is 22.7. The van der Waals surface area contributed by atoms with Gasteiger partial charge in [0.2, 0.25) is 5.95 Å². The lowest BCUT2D eigenvalue weighted by atomic mass is 10.0. The number of likely N-dealkylation sites (tertiary alicyclic amines) is 1. The van der Waals surface area contributed by atoms with Gasteiger partial charge in [0.05, 0.1) is 18.3 Å². The average molecular weight is 462 g/mol. The summed E-state index contributed by atoms with van der Waals surface area (Å²) in [5.41, 5.74) is 9.15. The van der Waals surface area contributed by atoms with Crippen molar-refractivity contribution in [3.8, 4) is 11.3 Å². The highest BCUT2D eigenvalue weighted by Gasteiger charge is 2.28. The quantitative estimate of drug-likeness (QED) is 0.378. The molecule has 3 aromatic heterocycles. The van der Waals surface area contributed by atoms with Gasteiger partial charge in [-0.15, -0.1) is 5.10 Å². The Bertz CT molecular complexity index is 1130. The van der Waals surface area contributed by atoms with Gasteiger partial charge in [-0.2, -0.15) is 10.1 Å². The lowest BCUT2D eigenvalue weighted by Crippen LogP contribution is -2.46. The predicted octanol–water partition coefficient (Wildman–Crippen LogP) is 3.63. The van der Waals surface area contributed by atoms with E-state index in [-0.39, 0.29) is 17.5 Å². The summed E-state index contributed by atoms with van der Waals surface area (Å²) in [5.74, 6) is 0.874.